The van der Waals surface area contributed by atoms with Gasteiger partial charge in [0.05, 0.1) is 5.69 Å². The van der Waals surface area contributed by atoms with E-state index >= 15 is 0 Å². The van der Waals surface area contributed by atoms with Crippen molar-refractivity contribution in [3.63, 3.8) is 0 Å². The van der Waals surface area contributed by atoms with E-state index in [-0.39, 0.29) is 11.7 Å². The van der Waals surface area contributed by atoms with Crippen molar-refractivity contribution in [1.82, 2.24) is 0 Å². The topological polar surface area (TPSA) is 46.2 Å². The average Bonchev–Trinajstić information content (AvgIpc) is 2.18. The maximum Gasteiger partial charge on any atom is 0.237 e. The van der Waals surface area contributed by atoms with Gasteiger partial charge >= 0.3 is 0 Å². The van der Waals surface area contributed by atoms with Crippen molar-refractivity contribution >= 4 is 33.3 Å². The smallest absolute Gasteiger partial charge is 0.237 e. The van der Waals surface area contributed by atoms with E-state index in [9.17, 15) is 9.59 Å². The SMILES string of the molecule is CC1(C)C(=O)Nc2c(Br)cccc2C1=O. The summed E-state index contributed by atoms with van der Waals surface area (Å²) in [6, 6.07) is 5.31. The Hall–Kier alpha value is -1.16. The molecule has 0 aliphatic carbocycles. The number of Topliss-reactive ketones (excluding diaryl/α,β-unsaturated/α-hetero) is 1. The van der Waals surface area contributed by atoms with Crippen molar-refractivity contribution in [2.45, 2.75) is 13.8 Å². The van der Waals surface area contributed by atoms with E-state index < -0.39 is 5.41 Å². The molecule has 4 heteroatoms. The summed E-state index contributed by atoms with van der Waals surface area (Å²) in [5.41, 5.74) is 0.161. The number of nitrogens with one attached hydrogen (secondary N) is 1. The fraction of sp³-hybridized carbons (Fsp3) is 0.273. The van der Waals surface area contributed by atoms with E-state index in [1.54, 1.807) is 32.0 Å². The minimum absolute atomic E-state index is 0.137. The van der Waals surface area contributed by atoms with Crippen molar-refractivity contribution in [2.24, 2.45) is 5.41 Å². The quantitative estimate of drug-likeness (QED) is 0.735. The van der Waals surface area contributed by atoms with Gasteiger partial charge in [0.25, 0.3) is 0 Å². The van der Waals surface area contributed by atoms with Crippen molar-refractivity contribution in [2.75, 3.05) is 5.32 Å². The van der Waals surface area contributed by atoms with Crippen molar-refractivity contribution in [1.29, 1.82) is 0 Å². The largest absolute Gasteiger partial charge is 0.324 e. The highest BCUT2D eigenvalue weighted by Gasteiger charge is 2.42. The Morgan fingerprint density at radius 3 is 2.60 bits per heavy atom. The predicted molar refractivity (Wildman–Crippen MR) is 60.9 cm³/mol. The number of rotatable bonds is 0. The summed E-state index contributed by atoms with van der Waals surface area (Å²) >= 11 is 3.31. The molecular weight excluding hydrogens is 258 g/mol. The number of fused-ring (bicyclic) bond motifs is 1. The van der Waals surface area contributed by atoms with Gasteiger partial charge in [-0.1, -0.05) is 6.07 Å². The van der Waals surface area contributed by atoms with Crippen LogP contribution >= 0.6 is 15.9 Å². The van der Waals surface area contributed by atoms with E-state index in [0.29, 0.717) is 11.3 Å². The second-order valence-corrected chi connectivity index (χ2v) is 4.92. The normalized spacial score (nSPS) is 18.3. The molecule has 0 saturated carbocycles. The van der Waals surface area contributed by atoms with Gasteiger partial charge in [-0.05, 0) is 41.9 Å². The predicted octanol–water partition coefficient (Wildman–Crippen LogP) is 2.61. The van der Waals surface area contributed by atoms with Crippen molar-refractivity contribution < 1.29 is 9.59 Å². The third-order valence-corrected chi connectivity index (χ3v) is 3.29. The fourth-order valence-corrected chi connectivity index (χ4v) is 2.02. The number of hydrogen-bond donors (Lipinski definition) is 1. The van der Waals surface area contributed by atoms with Gasteiger partial charge in [0.2, 0.25) is 5.91 Å². The summed E-state index contributed by atoms with van der Waals surface area (Å²) in [4.78, 5) is 23.7. The van der Waals surface area contributed by atoms with Gasteiger partial charge in [0.15, 0.2) is 5.78 Å². The molecule has 0 aromatic heterocycles. The molecule has 1 aliphatic rings. The molecule has 0 unspecified atom stereocenters. The number of amides is 1. The molecule has 1 aromatic carbocycles. The number of carbonyl (C=O) groups is 2. The summed E-state index contributed by atoms with van der Waals surface area (Å²) in [6.07, 6.45) is 0. The third-order valence-electron chi connectivity index (χ3n) is 2.63. The third kappa shape index (κ3) is 1.40. The van der Waals surface area contributed by atoms with E-state index in [0.717, 1.165) is 4.47 Å². The Labute approximate surface area is 96.0 Å². The molecule has 0 saturated heterocycles. The minimum Gasteiger partial charge on any atom is -0.324 e. The van der Waals surface area contributed by atoms with Crippen LogP contribution in [-0.2, 0) is 4.79 Å². The van der Waals surface area contributed by atoms with Crippen molar-refractivity contribution in [3.8, 4) is 0 Å². The van der Waals surface area contributed by atoms with Crippen LogP contribution in [0.1, 0.15) is 24.2 Å². The zero-order chi connectivity index (χ0) is 11.2. The van der Waals surface area contributed by atoms with Crippen molar-refractivity contribution in [3.05, 3.63) is 28.2 Å². The first-order valence-corrected chi connectivity index (χ1v) is 5.38. The molecule has 0 bridgehead atoms. The zero-order valence-electron chi connectivity index (χ0n) is 8.43. The first kappa shape index (κ1) is 10.4. The van der Waals surface area contributed by atoms with Gasteiger partial charge < -0.3 is 5.32 Å². The lowest BCUT2D eigenvalue weighted by Crippen LogP contribution is -2.42. The first-order valence-electron chi connectivity index (χ1n) is 4.59. The number of anilines is 1. The number of hydrogen-bond acceptors (Lipinski definition) is 2. The fourth-order valence-electron chi connectivity index (χ4n) is 1.55. The number of halogens is 1. The molecule has 78 valence electrons. The van der Waals surface area contributed by atoms with Crippen LogP contribution in [0.4, 0.5) is 5.69 Å². The Morgan fingerprint density at radius 1 is 1.27 bits per heavy atom. The maximum atomic E-state index is 12.0. The highest BCUT2D eigenvalue weighted by molar-refractivity contribution is 9.10. The summed E-state index contributed by atoms with van der Waals surface area (Å²) in [5, 5.41) is 2.74. The van der Waals surface area contributed by atoms with Gasteiger partial charge in [-0.2, -0.15) is 0 Å². The lowest BCUT2D eigenvalue weighted by molar-refractivity contribution is -0.122. The van der Waals surface area contributed by atoms with Crippen LogP contribution in [0.15, 0.2) is 22.7 Å². The molecule has 0 fully saturated rings. The monoisotopic (exact) mass is 267 g/mol. The van der Waals surface area contributed by atoms with Gasteiger partial charge in [-0.15, -0.1) is 0 Å². The van der Waals surface area contributed by atoms with Crippen LogP contribution < -0.4 is 5.32 Å². The Balaban J connectivity index is 2.66. The molecule has 1 heterocycles. The van der Waals surface area contributed by atoms with Crippen LogP contribution in [0.25, 0.3) is 0 Å². The molecule has 1 N–H and O–H groups in total. The van der Waals surface area contributed by atoms with Crippen LogP contribution in [0.2, 0.25) is 0 Å². The van der Waals surface area contributed by atoms with Crippen LogP contribution in [0.3, 0.4) is 0 Å². The molecule has 1 amide bonds. The molecule has 0 radical (unpaired) electrons. The highest BCUT2D eigenvalue weighted by atomic mass is 79.9. The molecular formula is C11H10BrNO2. The lowest BCUT2D eigenvalue weighted by atomic mass is 9.80. The van der Waals surface area contributed by atoms with E-state index in [1.165, 1.54) is 0 Å². The first-order chi connectivity index (χ1) is 6.94. The number of ketones is 1. The van der Waals surface area contributed by atoms with Gasteiger partial charge in [-0.25, -0.2) is 0 Å². The molecule has 0 spiro atoms. The lowest BCUT2D eigenvalue weighted by Gasteiger charge is -2.29. The van der Waals surface area contributed by atoms with Crippen LogP contribution in [0, 0.1) is 5.41 Å². The van der Waals surface area contributed by atoms with E-state index in [4.69, 9.17) is 0 Å². The summed E-state index contributed by atoms with van der Waals surface area (Å²) in [7, 11) is 0. The molecule has 0 atom stereocenters. The number of benzene rings is 1. The standard InChI is InChI=1S/C11H10BrNO2/c1-11(2)9(14)6-4-3-5-7(12)8(6)13-10(11)15/h3-5H,1-2H3,(H,13,15). The summed E-state index contributed by atoms with van der Waals surface area (Å²) < 4.78 is 0.734. The average molecular weight is 268 g/mol. The Kier molecular flexibility index (Phi) is 2.19. The van der Waals surface area contributed by atoms with Crippen LogP contribution in [0.5, 0.6) is 0 Å². The molecule has 15 heavy (non-hydrogen) atoms. The van der Waals surface area contributed by atoms with E-state index in [1.807, 2.05) is 0 Å². The van der Waals surface area contributed by atoms with Gasteiger partial charge in [0.1, 0.15) is 5.41 Å². The van der Waals surface area contributed by atoms with Gasteiger partial charge in [0, 0.05) is 10.0 Å². The maximum absolute atomic E-state index is 12.0. The van der Waals surface area contributed by atoms with Crippen LogP contribution in [-0.4, -0.2) is 11.7 Å². The number of para-hydroxylation sites is 1. The molecule has 3 nitrogen and oxygen atoms in total. The summed E-state index contributed by atoms with van der Waals surface area (Å²) in [5.74, 6) is -0.394. The molecule has 1 aliphatic heterocycles. The van der Waals surface area contributed by atoms with Gasteiger partial charge in [-0.3, -0.25) is 9.59 Å². The molecule has 2 rings (SSSR count). The molecule has 1 aromatic rings. The Morgan fingerprint density at radius 2 is 1.93 bits per heavy atom. The second-order valence-electron chi connectivity index (χ2n) is 4.07. The van der Waals surface area contributed by atoms with E-state index in [2.05, 4.69) is 21.2 Å². The summed E-state index contributed by atoms with van der Waals surface area (Å²) in [6.45, 7) is 3.27. The highest BCUT2D eigenvalue weighted by Crippen LogP contribution is 2.37. The minimum atomic E-state index is -0.978. The zero-order valence-corrected chi connectivity index (χ0v) is 10.0. The Bertz CT molecular complexity index is 466. The number of carbonyl (C=O) groups excluding carboxylic acids is 2. The second kappa shape index (κ2) is 3.17.